The SMILES string of the molecule is O=S(=O)(Cl)CC(O)C1CCCSC1. The van der Waals surface area contributed by atoms with E-state index in [0.29, 0.717) is 0 Å². The summed E-state index contributed by atoms with van der Waals surface area (Å²) in [7, 11) is 1.49. The highest BCUT2D eigenvalue weighted by atomic mass is 35.7. The minimum absolute atomic E-state index is 0.0901. The highest BCUT2D eigenvalue weighted by Crippen LogP contribution is 2.26. The maximum atomic E-state index is 10.7. The van der Waals surface area contributed by atoms with Crippen LogP contribution in [0.4, 0.5) is 0 Å². The smallest absolute Gasteiger partial charge is 0.235 e. The van der Waals surface area contributed by atoms with Crippen LogP contribution >= 0.6 is 22.4 Å². The van der Waals surface area contributed by atoms with Gasteiger partial charge >= 0.3 is 0 Å². The predicted octanol–water partition coefficient (Wildman–Crippen LogP) is 1.06. The van der Waals surface area contributed by atoms with E-state index in [0.717, 1.165) is 24.3 Å². The summed E-state index contributed by atoms with van der Waals surface area (Å²) in [6, 6.07) is 0. The molecule has 1 aliphatic heterocycles. The lowest BCUT2D eigenvalue weighted by Crippen LogP contribution is -2.30. The molecule has 13 heavy (non-hydrogen) atoms. The van der Waals surface area contributed by atoms with Crippen LogP contribution in [0.1, 0.15) is 12.8 Å². The van der Waals surface area contributed by atoms with Crippen LogP contribution in [0.15, 0.2) is 0 Å². The van der Waals surface area contributed by atoms with Gasteiger partial charge in [0, 0.05) is 10.7 Å². The fourth-order valence-corrected chi connectivity index (χ4v) is 3.71. The molecule has 0 bridgehead atoms. The topological polar surface area (TPSA) is 54.4 Å². The van der Waals surface area contributed by atoms with Crippen LogP contribution in [-0.2, 0) is 9.05 Å². The van der Waals surface area contributed by atoms with E-state index in [1.165, 1.54) is 0 Å². The lowest BCUT2D eigenvalue weighted by atomic mass is 10.0. The molecule has 0 amide bonds. The molecule has 1 saturated heterocycles. The van der Waals surface area contributed by atoms with Crippen molar-refractivity contribution in [3.63, 3.8) is 0 Å². The number of halogens is 1. The van der Waals surface area contributed by atoms with Crippen LogP contribution in [0, 0.1) is 5.92 Å². The van der Waals surface area contributed by atoms with Crippen LogP contribution < -0.4 is 0 Å². The Morgan fingerprint density at radius 2 is 2.31 bits per heavy atom. The molecule has 1 aliphatic rings. The van der Waals surface area contributed by atoms with Gasteiger partial charge in [-0.15, -0.1) is 0 Å². The summed E-state index contributed by atoms with van der Waals surface area (Å²) in [6.45, 7) is 0. The van der Waals surface area contributed by atoms with E-state index in [-0.39, 0.29) is 11.7 Å². The third-order valence-electron chi connectivity index (χ3n) is 2.11. The van der Waals surface area contributed by atoms with Gasteiger partial charge < -0.3 is 5.11 Å². The van der Waals surface area contributed by atoms with Crippen LogP contribution in [-0.4, -0.2) is 36.9 Å². The number of aliphatic hydroxyl groups excluding tert-OH is 1. The van der Waals surface area contributed by atoms with Gasteiger partial charge in [-0.25, -0.2) is 8.42 Å². The first-order valence-electron chi connectivity index (χ1n) is 4.17. The summed E-state index contributed by atoms with van der Waals surface area (Å²) in [5.41, 5.74) is 0. The zero-order chi connectivity index (χ0) is 9.90. The van der Waals surface area contributed by atoms with E-state index < -0.39 is 15.2 Å². The Morgan fingerprint density at radius 1 is 1.62 bits per heavy atom. The second-order valence-corrected chi connectivity index (χ2v) is 7.22. The van der Waals surface area contributed by atoms with E-state index in [9.17, 15) is 13.5 Å². The Hall–Kier alpha value is 0.550. The minimum atomic E-state index is -3.56. The zero-order valence-electron chi connectivity index (χ0n) is 7.15. The molecule has 2 unspecified atom stereocenters. The number of hydrogen-bond acceptors (Lipinski definition) is 4. The Labute approximate surface area is 87.3 Å². The molecule has 3 nitrogen and oxygen atoms in total. The van der Waals surface area contributed by atoms with Crippen molar-refractivity contribution in [3.8, 4) is 0 Å². The Balaban J connectivity index is 2.42. The summed E-state index contributed by atoms with van der Waals surface area (Å²) in [6.07, 6.45) is 1.16. The van der Waals surface area contributed by atoms with Crippen molar-refractivity contribution in [1.29, 1.82) is 0 Å². The molecular formula is C7H13ClO3S2. The number of hydrogen-bond donors (Lipinski definition) is 1. The molecule has 0 aromatic heterocycles. The van der Waals surface area contributed by atoms with Gasteiger partial charge in [0.05, 0.1) is 11.9 Å². The first kappa shape index (κ1) is 11.6. The maximum absolute atomic E-state index is 10.7. The summed E-state index contributed by atoms with van der Waals surface area (Å²) < 4.78 is 21.4. The predicted molar refractivity (Wildman–Crippen MR) is 55.7 cm³/mol. The van der Waals surface area contributed by atoms with Gasteiger partial charge in [0.2, 0.25) is 9.05 Å². The molecule has 78 valence electrons. The first-order chi connectivity index (χ1) is 5.99. The van der Waals surface area contributed by atoms with Crippen LogP contribution in [0.2, 0.25) is 0 Å². The molecule has 0 spiro atoms. The van der Waals surface area contributed by atoms with Crippen LogP contribution in [0.3, 0.4) is 0 Å². The van der Waals surface area contributed by atoms with Gasteiger partial charge in [-0.2, -0.15) is 11.8 Å². The van der Waals surface area contributed by atoms with Crippen molar-refractivity contribution in [3.05, 3.63) is 0 Å². The molecule has 0 aliphatic carbocycles. The molecule has 1 N–H and O–H groups in total. The molecule has 2 atom stereocenters. The number of rotatable bonds is 3. The molecule has 1 rings (SSSR count). The Kier molecular flexibility index (Phi) is 4.35. The lowest BCUT2D eigenvalue weighted by Gasteiger charge is -2.25. The largest absolute Gasteiger partial charge is 0.392 e. The van der Waals surface area contributed by atoms with Crippen molar-refractivity contribution < 1.29 is 13.5 Å². The van der Waals surface area contributed by atoms with Gasteiger partial charge in [-0.05, 0) is 30.3 Å². The Bertz CT molecular complexity index is 246. The molecule has 0 aromatic carbocycles. The molecule has 1 heterocycles. The van der Waals surface area contributed by atoms with Crippen LogP contribution in [0.25, 0.3) is 0 Å². The summed E-state index contributed by atoms with van der Waals surface area (Å²) in [5.74, 6) is 1.72. The maximum Gasteiger partial charge on any atom is 0.235 e. The lowest BCUT2D eigenvalue weighted by molar-refractivity contribution is 0.133. The van der Waals surface area contributed by atoms with Crippen LogP contribution in [0.5, 0.6) is 0 Å². The second kappa shape index (κ2) is 4.87. The molecule has 0 radical (unpaired) electrons. The van der Waals surface area contributed by atoms with E-state index in [2.05, 4.69) is 0 Å². The van der Waals surface area contributed by atoms with Gasteiger partial charge in [0.25, 0.3) is 0 Å². The standard InChI is InChI=1S/C7H13ClO3S2/c8-13(10,11)5-7(9)6-2-1-3-12-4-6/h6-7,9H,1-5H2. The molecular weight excluding hydrogens is 232 g/mol. The quantitative estimate of drug-likeness (QED) is 0.755. The van der Waals surface area contributed by atoms with Gasteiger partial charge in [-0.3, -0.25) is 0 Å². The molecule has 0 aromatic rings. The second-order valence-electron chi connectivity index (χ2n) is 3.25. The van der Waals surface area contributed by atoms with E-state index >= 15 is 0 Å². The average molecular weight is 245 g/mol. The minimum Gasteiger partial charge on any atom is -0.392 e. The molecule has 1 fully saturated rings. The third kappa shape index (κ3) is 4.54. The monoisotopic (exact) mass is 244 g/mol. The third-order valence-corrected chi connectivity index (χ3v) is 4.47. The van der Waals surface area contributed by atoms with E-state index in [1.807, 2.05) is 0 Å². The normalized spacial score (nSPS) is 27.1. The average Bonchev–Trinajstić information content (AvgIpc) is 2.03. The Morgan fingerprint density at radius 3 is 2.77 bits per heavy atom. The van der Waals surface area contributed by atoms with Crippen molar-refractivity contribution in [2.75, 3.05) is 17.3 Å². The summed E-state index contributed by atoms with van der Waals surface area (Å²) in [5, 5.41) is 9.53. The van der Waals surface area contributed by atoms with Gasteiger partial charge in [0.15, 0.2) is 0 Å². The number of aliphatic hydroxyl groups is 1. The highest BCUT2D eigenvalue weighted by Gasteiger charge is 2.25. The van der Waals surface area contributed by atoms with Gasteiger partial charge in [-0.1, -0.05) is 0 Å². The van der Waals surface area contributed by atoms with Crippen molar-refractivity contribution in [2.45, 2.75) is 18.9 Å². The summed E-state index contributed by atoms with van der Waals surface area (Å²) >= 11 is 1.76. The van der Waals surface area contributed by atoms with Crippen molar-refractivity contribution in [1.82, 2.24) is 0 Å². The van der Waals surface area contributed by atoms with E-state index in [1.54, 1.807) is 11.8 Å². The first-order valence-corrected chi connectivity index (χ1v) is 7.80. The van der Waals surface area contributed by atoms with Gasteiger partial charge in [0.1, 0.15) is 0 Å². The van der Waals surface area contributed by atoms with Crippen molar-refractivity contribution in [2.24, 2.45) is 5.92 Å². The molecule has 0 saturated carbocycles. The number of thioether (sulfide) groups is 1. The van der Waals surface area contributed by atoms with Crippen molar-refractivity contribution >= 4 is 31.5 Å². The fraction of sp³-hybridized carbons (Fsp3) is 1.00. The molecule has 6 heteroatoms. The fourth-order valence-electron chi connectivity index (χ4n) is 1.41. The zero-order valence-corrected chi connectivity index (χ0v) is 9.54. The van der Waals surface area contributed by atoms with E-state index in [4.69, 9.17) is 10.7 Å². The summed E-state index contributed by atoms with van der Waals surface area (Å²) in [4.78, 5) is 0. The highest BCUT2D eigenvalue weighted by molar-refractivity contribution is 8.13.